The van der Waals surface area contributed by atoms with Crippen molar-refractivity contribution in [1.29, 1.82) is 0 Å². The highest BCUT2D eigenvalue weighted by atomic mass is 16.5. The van der Waals surface area contributed by atoms with Crippen LogP contribution in [0.4, 0.5) is 0 Å². The highest BCUT2D eigenvalue weighted by Crippen LogP contribution is 2.05. The van der Waals surface area contributed by atoms with Crippen LogP contribution in [0.1, 0.15) is 11.1 Å². The van der Waals surface area contributed by atoms with Crippen molar-refractivity contribution in [2.45, 2.75) is 18.9 Å². The van der Waals surface area contributed by atoms with Gasteiger partial charge < -0.3 is 10.1 Å². The standard InChI is InChI=1S/C18H21NO2/c1-21-18(20)17(14-16-10-6-3-7-11-16)19-13-12-15-8-4-2-5-9-15/h2-11,17,19H,12-14H2,1H3/t17-/m1/s1. The first kappa shape index (κ1) is 15.3. The Morgan fingerprint density at radius 2 is 1.57 bits per heavy atom. The second-order valence-corrected chi connectivity index (χ2v) is 4.96. The van der Waals surface area contributed by atoms with E-state index in [1.807, 2.05) is 48.5 Å². The number of carbonyl (C=O) groups is 1. The molecule has 0 aliphatic heterocycles. The molecular weight excluding hydrogens is 262 g/mol. The lowest BCUT2D eigenvalue weighted by atomic mass is 10.1. The summed E-state index contributed by atoms with van der Waals surface area (Å²) in [5.74, 6) is -0.216. The fourth-order valence-electron chi connectivity index (χ4n) is 2.27. The summed E-state index contributed by atoms with van der Waals surface area (Å²) in [6, 6.07) is 19.9. The number of hydrogen-bond donors (Lipinski definition) is 1. The lowest BCUT2D eigenvalue weighted by Gasteiger charge is -2.16. The monoisotopic (exact) mass is 283 g/mol. The van der Waals surface area contributed by atoms with E-state index in [9.17, 15) is 4.79 Å². The van der Waals surface area contributed by atoms with E-state index in [1.54, 1.807) is 0 Å². The zero-order valence-corrected chi connectivity index (χ0v) is 12.3. The van der Waals surface area contributed by atoms with Crippen molar-refractivity contribution in [3.05, 3.63) is 71.8 Å². The van der Waals surface area contributed by atoms with Crippen molar-refractivity contribution in [2.75, 3.05) is 13.7 Å². The van der Waals surface area contributed by atoms with Crippen molar-refractivity contribution in [3.63, 3.8) is 0 Å². The van der Waals surface area contributed by atoms with Gasteiger partial charge >= 0.3 is 5.97 Å². The minimum atomic E-state index is -0.305. The van der Waals surface area contributed by atoms with Crippen LogP contribution in [0.5, 0.6) is 0 Å². The van der Waals surface area contributed by atoms with Crippen LogP contribution in [-0.2, 0) is 22.4 Å². The maximum Gasteiger partial charge on any atom is 0.323 e. The number of ether oxygens (including phenoxy) is 1. The van der Waals surface area contributed by atoms with Gasteiger partial charge in [-0.1, -0.05) is 60.7 Å². The molecule has 0 saturated carbocycles. The summed E-state index contributed by atoms with van der Waals surface area (Å²) in [7, 11) is 1.43. The third-order valence-corrected chi connectivity index (χ3v) is 3.42. The number of rotatable bonds is 7. The van der Waals surface area contributed by atoms with E-state index in [1.165, 1.54) is 12.7 Å². The van der Waals surface area contributed by atoms with E-state index >= 15 is 0 Å². The van der Waals surface area contributed by atoms with Gasteiger partial charge in [-0.15, -0.1) is 0 Å². The van der Waals surface area contributed by atoms with Gasteiger partial charge in [0.1, 0.15) is 6.04 Å². The SMILES string of the molecule is COC(=O)[C@@H](Cc1ccccc1)NCCc1ccccc1. The molecular formula is C18H21NO2. The number of methoxy groups -OCH3 is 1. The van der Waals surface area contributed by atoms with E-state index in [0.717, 1.165) is 18.5 Å². The zero-order valence-electron chi connectivity index (χ0n) is 12.3. The first-order chi connectivity index (χ1) is 10.3. The van der Waals surface area contributed by atoms with Gasteiger partial charge in [0, 0.05) is 0 Å². The fourth-order valence-corrected chi connectivity index (χ4v) is 2.27. The highest BCUT2D eigenvalue weighted by Gasteiger charge is 2.18. The molecule has 2 rings (SSSR count). The molecule has 2 aromatic rings. The molecule has 0 heterocycles. The Hall–Kier alpha value is -2.13. The lowest BCUT2D eigenvalue weighted by Crippen LogP contribution is -2.40. The van der Waals surface area contributed by atoms with E-state index in [0.29, 0.717) is 6.42 Å². The Bertz CT molecular complexity index is 540. The molecule has 2 aromatic carbocycles. The molecule has 0 saturated heterocycles. The molecule has 0 aliphatic carbocycles. The second kappa shape index (κ2) is 8.22. The van der Waals surface area contributed by atoms with Gasteiger partial charge in [-0.25, -0.2) is 0 Å². The molecule has 0 bridgehead atoms. The molecule has 21 heavy (non-hydrogen) atoms. The average molecular weight is 283 g/mol. The minimum absolute atomic E-state index is 0.216. The van der Waals surface area contributed by atoms with Crippen molar-refractivity contribution < 1.29 is 9.53 Å². The summed E-state index contributed by atoms with van der Waals surface area (Å²) in [5, 5.41) is 3.29. The maximum absolute atomic E-state index is 11.9. The molecule has 0 aromatic heterocycles. The van der Waals surface area contributed by atoms with Gasteiger partial charge in [-0.3, -0.25) is 4.79 Å². The summed E-state index contributed by atoms with van der Waals surface area (Å²) in [4.78, 5) is 11.9. The van der Waals surface area contributed by atoms with Crippen LogP contribution < -0.4 is 5.32 Å². The first-order valence-electron chi connectivity index (χ1n) is 7.18. The molecule has 0 fully saturated rings. The van der Waals surface area contributed by atoms with Crippen molar-refractivity contribution in [2.24, 2.45) is 0 Å². The summed E-state index contributed by atoms with van der Waals surface area (Å²) in [6.07, 6.45) is 1.53. The average Bonchev–Trinajstić information content (AvgIpc) is 2.55. The van der Waals surface area contributed by atoms with Crippen LogP contribution in [0.25, 0.3) is 0 Å². The Morgan fingerprint density at radius 3 is 2.14 bits per heavy atom. The molecule has 0 unspecified atom stereocenters. The summed E-state index contributed by atoms with van der Waals surface area (Å²) in [6.45, 7) is 0.747. The van der Waals surface area contributed by atoms with Crippen molar-refractivity contribution in [1.82, 2.24) is 5.32 Å². The fraction of sp³-hybridized carbons (Fsp3) is 0.278. The van der Waals surface area contributed by atoms with Crippen molar-refractivity contribution in [3.8, 4) is 0 Å². The quantitative estimate of drug-likeness (QED) is 0.794. The molecule has 110 valence electrons. The molecule has 3 nitrogen and oxygen atoms in total. The Morgan fingerprint density at radius 1 is 1.00 bits per heavy atom. The normalized spacial score (nSPS) is 11.9. The van der Waals surface area contributed by atoms with Crippen LogP contribution in [0.2, 0.25) is 0 Å². The molecule has 1 N–H and O–H groups in total. The molecule has 0 aliphatic rings. The predicted molar refractivity (Wildman–Crippen MR) is 84.1 cm³/mol. The zero-order chi connectivity index (χ0) is 14.9. The van der Waals surface area contributed by atoms with E-state index in [4.69, 9.17) is 4.74 Å². The number of hydrogen-bond acceptors (Lipinski definition) is 3. The third kappa shape index (κ3) is 5.04. The molecule has 0 spiro atoms. The Labute approximate surface area is 126 Å². The summed E-state index contributed by atoms with van der Waals surface area (Å²) in [5.41, 5.74) is 2.38. The predicted octanol–water partition coefficient (Wildman–Crippen LogP) is 2.60. The van der Waals surface area contributed by atoms with Crippen LogP contribution in [0.15, 0.2) is 60.7 Å². The van der Waals surface area contributed by atoms with Gasteiger partial charge in [0.05, 0.1) is 7.11 Å². The van der Waals surface area contributed by atoms with Gasteiger partial charge in [-0.2, -0.15) is 0 Å². The maximum atomic E-state index is 11.9. The summed E-state index contributed by atoms with van der Waals surface area (Å²) < 4.78 is 4.89. The largest absolute Gasteiger partial charge is 0.468 e. The van der Waals surface area contributed by atoms with E-state index < -0.39 is 0 Å². The number of benzene rings is 2. The molecule has 1 atom stereocenters. The van der Waals surface area contributed by atoms with E-state index in [-0.39, 0.29) is 12.0 Å². The molecule has 0 amide bonds. The second-order valence-electron chi connectivity index (χ2n) is 4.96. The number of esters is 1. The minimum Gasteiger partial charge on any atom is -0.468 e. The van der Waals surface area contributed by atoms with Gasteiger partial charge in [-0.05, 0) is 30.5 Å². The first-order valence-corrected chi connectivity index (χ1v) is 7.18. The highest BCUT2D eigenvalue weighted by molar-refractivity contribution is 5.76. The van der Waals surface area contributed by atoms with Gasteiger partial charge in [0.15, 0.2) is 0 Å². The van der Waals surface area contributed by atoms with Crippen LogP contribution >= 0.6 is 0 Å². The van der Waals surface area contributed by atoms with Gasteiger partial charge in [0.2, 0.25) is 0 Å². The smallest absolute Gasteiger partial charge is 0.323 e. The lowest BCUT2D eigenvalue weighted by molar-refractivity contribution is -0.143. The Kier molecular flexibility index (Phi) is 5.98. The number of nitrogens with one attached hydrogen (secondary N) is 1. The van der Waals surface area contributed by atoms with Crippen LogP contribution in [0.3, 0.4) is 0 Å². The van der Waals surface area contributed by atoms with E-state index in [2.05, 4.69) is 17.4 Å². The third-order valence-electron chi connectivity index (χ3n) is 3.42. The molecule has 0 radical (unpaired) electrons. The number of carbonyl (C=O) groups excluding carboxylic acids is 1. The van der Waals surface area contributed by atoms with Crippen LogP contribution in [0, 0.1) is 0 Å². The van der Waals surface area contributed by atoms with Crippen molar-refractivity contribution >= 4 is 5.97 Å². The van der Waals surface area contributed by atoms with Crippen LogP contribution in [-0.4, -0.2) is 25.7 Å². The Balaban J connectivity index is 1.89. The molecule has 3 heteroatoms. The topological polar surface area (TPSA) is 38.3 Å². The van der Waals surface area contributed by atoms with Gasteiger partial charge in [0.25, 0.3) is 0 Å². The summed E-state index contributed by atoms with van der Waals surface area (Å²) >= 11 is 0.